The van der Waals surface area contributed by atoms with Crippen LogP contribution < -0.4 is 0 Å². The van der Waals surface area contributed by atoms with Crippen LogP contribution in [0, 0.1) is 0 Å². The minimum atomic E-state index is -3.70. The summed E-state index contributed by atoms with van der Waals surface area (Å²) in [5, 5.41) is 8.88. The number of aliphatic hydroxyl groups excluding tert-OH is 1. The van der Waals surface area contributed by atoms with E-state index < -0.39 is 10.0 Å². The maximum atomic E-state index is 12.0. The number of hydrogen-bond donors (Lipinski definition) is 1. The van der Waals surface area contributed by atoms with Crippen molar-refractivity contribution in [3.8, 4) is 0 Å². The highest BCUT2D eigenvalue weighted by atomic mass is 35.5. The molecule has 1 rings (SSSR count). The Bertz CT molecular complexity index is 476. The summed E-state index contributed by atoms with van der Waals surface area (Å²) >= 11 is 11.6. The SMILES string of the molecule is CN(CCO)S(=O)(=O)c1cccc(Cl)c1Cl. The van der Waals surface area contributed by atoms with Crippen LogP contribution in [-0.2, 0) is 10.0 Å². The van der Waals surface area contributed by atoms with Gasteiger partial charge in [0.2, 0.25) is 10.0 Å². The molecule has 7 heteroatoms. The zero-order valence-corrected chi connectivity index (χ0v) is 10.8. The summed E-state index contributed by atoms with van der Waals surface area (Å²) in [6.07, 6.45) is 0. The minimum absolute atomic E-state index is 0.00513. The van der Waals surface area contributed by atoms with Crippen molar-refractivity contribution in [1.29, 1.82) is 0 Å². The Morgan fingerprint density at radius 1 is 1.38 bits per heavy atom. The first-order chi connectivity index (χ1) is 7.41. The lowest BCUT2D eigenvalue weighted by Gasteiger charge is -2.16. The molecule has 90 valence electrons. The molecule has 0 fully saturated rings. The fourth-order valence-corrected chi connectivity index (χ4v) is 3.01. The van der Waals surface area contributed by atoms with Crippen molar-refractivity contribution in [3.63, 3.8) is 0 Å². The van der Waals surface area contributed by atoms with Crippen LogP contribution in [0.15, 0.2) is 23.1 Å². The Balaban J connectivity index is 3.22. The number of nitrogens with zero attached hydrogens (tertiary/aromatic N) is 1. The van der Waals surface area contributed by atoms with Crippen LogP contribution in [0.5, 0.6) is 0 Å². The van der Waals surface area contributed by atoms with Crippen LogP contribution in [0.1, 0.15) is 0 Å². The average molecular weight is 284 g/mol. The summed E-state index contributed by atoms with van der Waals surface area (Å²) in [6, 6.07) is 4.39. The second-order valence-corrected chi connectivity index (χ2v) is 5.90. The van der Waals surface area contributed by atoms with Crippen molar-refractivity contribution in [1.82, 2.24) is 4.31 Å². The van der Waals surface area contributed by atoms with E-state index >= 15 is 0 Å². The highest BCUT2D eigenvalue weighted by molar-refractivity contribution is 7.89. The molecule has 0 heterocycles. The molecule has 0 bridgehead atoms. The summed E-state index contributed by atoms with van der Waals surface area (Å²) < 4.78 is 25.0. The Labute approximate surface area is 104 Å². The van der Waals surface area contributed by atoms with Gasteiger partial charge in [-0.2, -0.15) is 4.31 Å². The van der Waals surface area contributed by atoms with Gasteiger partial charge in [-0.05, 0) is 12.1 Å². The molecule has 0 saturated carbocycles. The van der Waals surface area contributed by atoms with Crippen molar-refractivity contribution in [2.45, 2.75) is 4.90 Å². The zero-order valence-electron chi connectivity index (χ0n) is 8.52. The second-order valence-electron chi connectivity index (χ2n) is 3.10. The molecule has 1 aromatic rings. The third kappa shape index (κ3) is 2.67. The third-order valence-electron chi connectivity index (χ3n) is 2.02. The number of halogens is 2. The first-order valence-electron chi connectivity index (χ1n) is 4.42. The molecule has 0 aromatic heterocycles. The molecule has 16 heavy (non-hydrogen) atoms. The molecule has 0 atom stereocenters. The standard InChI is InChI=1S/C9H11Cl2NO3S/c1-12(5-6-13)16(14,15)8-4-2-3-7(10)9(8)11/h2-4,13H,5-6H2,1H3. The monoisotopic (exact) mass is 283 g/mol. The molecule has 0 radical (unpaired) electrons. The van der Waals surface area contributed by atoms with E-state index in [-0.39, 0.29) is 28.1 Å². The first kappa shape index (κ1) is 13.7. The Morgan fingerprint density at radius 2 is 2.00 bits per heavy atom. The van der Waals surface area contributed by atoms with Crippen LogP contribution in [-0.4, -0.2) is 38.0 Å². The predicted octanol–water partition coefficient (Wildman–Crippen LogP) is 1.61. The van der Waals surface area contributed by atoms with Crippen LogP contribution >= 0.6 is 23.2 Å². The van der Waals surface area contributed by atoms with Gasteiger partial charge in [-0.15, -0.1) is 0 Å². The maximum absolute atomic E-state index is 12.0. The van der Waals surface area contributed by atoms with Crippen molar-refractivity contribution in [2.24, 2.45) is 0 Å². The van der Waals surface area contributed by atoms with E-state index in [0.717, 1.165) is 4.31 Å². The Hall–Kier alpha value is -0.330. The third-order valence-corrected chi connectivity index (χ3v) is 4.85. The van der Waals surface area contributed by atoms with Gasteiger partial charge in [-0.3, -0.25) is 0 Å². The number of aliphatic hydroxyl groups is 1. The van der Waals surface area contributed by atoms with E-state index in [9.17, 15) is 8.42 Å². The normalized spacial score (nSPS) is 12.1. The van der Waals surface area contributed by atoms with Crippen molar-refractivity contribution < 1.29 is 13.5 Å². The van der Waals surface area contributed by atoms with Gasteiger partial charge in [-0.25, -0.2) is 8.42 Å². The van der Waals surface area contributed by atoms with E-state index in [2.05, 4.69) is 0 Å². The van der Waals surface area contributed by atoms with Crippen LogP contribution in [0.25, 0.3) is 0 Å². The zero-order chi connectivity index (χ0) is 12.3. The molecule has 0 saturated heterocycles. The van der Waals surface area contributed by atoms with Crippen LogP contribution in [0.2, 0.25) is 10.0 Å². The minimum Gasteiger partial charge on any atom is -0.395 e. The first-order valence-corrected chi connectivity index (χ1v) is 6.62. The van der Waals surface area contributed by atoms with Gasteiger partial charge in [0.05, 0.1) is 16.7 Å². The van der Waals surface area contributed by atoms with Crippen molar-refractivity contribution in [3.05, 3.63) is 28.2 Å². The number of sulfonamides is 1. The Kier molecular flexibility index (Phi) is 4.58. The van der Waals surface area contributed by atoms with Gasteiger partial charge >= 0.3 is 0 Å². The molecule has 0 aliphatic heterocycles. The largest absolute Gasteiger partial charge is 0.395 e. The summed E-state index contributed by atoms with van der Waals surface area (Å²) in [6.45, 7) is -0.251. The van der Waals surface area contributed by atoms with Crippen molar-refractivity contribution >= 4 is 33.2 Å². The number of benzene rings is 1. The number of hydrogen-bond acceptors (Lipinski definition) is 3. The summed E-state index contributed by atoms with van der Waals surface area (Å²) in [5.41, 5.74) is 0. The van der Waals surface area contributed by atoms with Gasteiger partial charge in [0, 0.05) is 13.6 Å². The van der Waals surface area contributed by atoms with E-state index in [1.54, 1.807) is 0 Å². The molecule has 0 amide bonds. The molecule has 0 aliphatic rings. The van der Waals surface area contributed by atoms with E-state index in [0.29, 0.717) is 0 Å². The molecule has 1 aromatic carbocycles. The van der Waals surface area contributed by atoms with Gasteiger partial charge in [0.1, 0.15) is 4.90 Å². The molecule has 0 spiro atoms. The lowest BCUT2D eigenvalue weighted by atomic mass is 10.4. The van der Waals surface area contributed by atoms with Crippen molar-refractivity contribution in [2.75, 3.05) is 20.2 Å². The number of rotatable bonds is 4. The lowest BCUT2D eigenvalue weighted by Crippen LogP contribution is -2.29. The van der Waals surface area contributed by atoms with Gasteiger partial charge in [0.25, 0.3) is 0 Å². The van der Waals surface area contributed by atoms with E-state index in [1.165, 1.54) is 25.2 Å². The second kappa shape index (κ2) is 5.33. The molecule has 4 nitrogen and oxygen atoms in total. The van der Waals surface area contributed by atoms with Crippen LogP contribution in [0.4, 0.5) is 0 Å². The molecular weight excluding hydrogens is 273 g/mol. The quantitative estimate of drug-likeness (QED) is 0.913. The maximum Gasteiger partial charge on any atom is 0.244 e. The van der Waals surface area contributed by atoms with Gasteiger partial charge in [-0.1, -0.05) is 29.3 Å². The molecule has 1 N–H and O–H groups in total. The molecule has 0 unspecified atom stereocenters. The summed E-state index contributed by atoms with van der Waals surface area (Å²) in [5.74, 6) is 0. The smallest absolute Gasteiger partial charge is 0.244 e. The molecule has 0 aliphatic carbocycles. The van der Waals surface area contributed by atoms with Gasteiger partial charge in [0.15, 0.2) is 0 Å². The topological polar surface area (TPSA) is 57.6 Å². The highest BCUT2D eigenvalue weighted by Gasteiger charge is 2.23. The van der Waals surface area contributed by atoms with Gasteiger partial charge < -0.3 is 5.11 Å². The predicted molar refractivity (Wildman–Crippen MR) is 63.4 cm³/mol. The fraction of sp³-hybridized carbons (Fsp3) is 0.333. The summed E-state index contributed by atoms with van der Waals surface area (Å²) in [7, 11) is -2.33. The molecular formula is C9H11Cl2NO3S. The fourth-order valence-electron chi connectivity index (χ4n) is 1.11. The number of likely N-dealkylation sites (N-methyl/N-ethyl adjacent to an activating group) is 1. The summed E-state index contributed by atoms with van der Waals surface area (Å²) in [4.78, 5) is -0.0578. The van der Waals surface area contributed by atoms with E-state index in [4.69, 9.17) is 28.3 Å². The highest BCUT2D eigenvalue weighted by Crippen LogP contribution is 2.30. The average Bonchev–Trinajstić information content (AvgIpc) is 2.22. The lowest BCUT2D eigenvalue weighted by molar-refractivity contribution is 0.266. The van der Waals surface area contributed by atoms with Crippen LogP contribution in [0.3, 0.4) is 0 Å². The van der Waals surface area contributed by atoms with E-state index in [1.807, 2.05) is 0 Å². The Morgan fingerprint density at radius 3 is 2.56 bits per heavy atom.